The standard InChI is InChI=1S/C10H12N6O2/c1-5-3-7(18-2)14-10(13-5)16-4-6(11)8(15-16)9(12)17/h3-4H,11H2,1-2H3,(H2,12,17). The third-order valence-corrected chi connectivity index (χ3v) is 2.21. The summed E-state index contributed by atoms with van der Waals surface area (Å²) in [5.74, 6) is -0.0517. The summed E-state index contributed by atoms with van der Waals surface area (Å²) in [6.07, 6.45) is 1.42. The number of nitrogens with two attached hydrogens (primary N) is 2. The summed E-state index contributed by atoms with van der Waals surface area (Å²) in [4.78, 5) is 19.3. The lowest BCUT2D eigenvalue weighted by Crippen LogP contribution is -2.14. The average molecular weight is 248 g/mol. The molecule has 2 aromatic rings. The van der Waals surface area contributed by atoms with E-state index >= 15 is 0 Å². The molecule has 2 rings (SSSR count). The molecule has 4 N–H and O–H groups in total. The molecule has 0 aliphatic carbocycles. The molecular weight excluding hydrogens is 236 g/mol. The molecular formula is C10H12N6O2. The molecule has 2 heterocycles. The maximum atomic E-state index is 11.1. The van der Waals surface area contributed by atoms with E-state index in [0.717, 1.165) is 0 Å². The molecule has 0 radical (unpaired) electrons. The number of aryl methyl sites for hydroxylation is 1. The van der Waals surface area contributed by atoms with Gasteiger partial charge in [-0.25, -0.2) is 9.67 Å². The molecule has 18 heavy (non-hydrogen) atoms. The first-order chi connectivity index (χ1) is 8.51. The molecule has 0 spiro atoms. The number of carbonyl (C=O) groups is 1. The predicted molar refractivity (Wildman–Crippen MR) is 63.4 cm³/mol. The number of nitrogens with zero attached hydrogens (tertiary/aromatic N) is 4. The quantitative estimate of drug-likeness (QED) is 0.766. The number of rotatable bonds is 3. The lowest BCUT2D eigenvalue weighted by molar-refractivity contribution is 0.0996. The number of methoxy groups -OCH3 is 1. The van der Waals surface area contributed by atoms with Gasteiger partial charge in [0.25, 0.3) is 11.9 Å². The molecule has 2 aromatic heterocycles. The number of nitrogen functional groups attached to an aromatic ring is 1. The molecule has 0 fully saturated rings. The topological polar surface area (TPSA) is 122 Å². The summed E-state index contributed by atoms with van der Waals surface area (Å²) >= 11 is 0. The summed E-state index contributed by atoms with van der Waals surface area (Å²) in [6, 6.07) is 1.67. The summed E-state index contributed by atoms with van der Waals surface area (Å²) in [7, 11) is 1.50. The zero-order chi connectivity index (χ0) is 13.3. The van der Waals surface area contributed by atoms with Crippen molar-refractivity contribution in [1.29, 1.82) is 0 Å². The van der Waals surface area contributed by atoms with Crippen LogP contribution in [0.2, 0.25) is 0 Å². The lowest BCUT2D eigenvalue weighted by Gasteiger charge is -2.03. The van der Waals surface area contributed by atoms with Crippen molar-refractivity contribution in [2.75, 3.05) is 12.8 Å². The second-order valence-corrected chi connectivity index (χ2v) is 3.59. The van der Waals surface area contributed by atoms with Gasteiger partial charge in [-0.3, -0.25) is 4.79 Å². The highest BCUT2D eigenvalue weighted by Crippen LogP contribution is 2.14. The molecule has 0 atom stereocenters. The lowest BCUT2D eigenvalue weighted by atomic mass is 10.4. The van der Waals surface area contributed by atoms with Gasteiger partial charge in [0.15, 0.2) is 5.69 Å². The minimum absolute atomic E-state index is 0.0147. The van der Waals surface area contributed by atoms with Gasteiger partial charge in [-0.2, -0.15) is 10.1 Å². The predicted octanol–water partition coefficient (Wildman–Crippen LogP) is -0.340. The summed E-state index contributed by atoms with van der Waals surface area (Å²) in [5.41, 5.74) is 11.6. The van der Waals surface area contributed by atoms with Crippen LogP contribution in [0.3, 0.4) is 0 Å². The summed E-state index contributed by atoms with van der Waals surface area (Å²) in [6.45, 7) is 1.79. The van der Waals surface area contributed by atoms with Crippen LogP contribution in [-0.2, 0) is 0 Å². The second kappa shape index (κ2) is 4.32. The molecule has 0 aliphatic rings. The number of amides is 1. The summed E-state index contributed by atoms with van der Waals surface area (Å²) < 4.78 is 6.31. The van der Waals surface area contributed by atoms with E-state index in [1.807, 2.05) is 0 Å². The van der Waals surface area contributed by atoms with Crippen molar-refractivity contribution < 1.29 is 9.53 Å². The highest BCUT2D eigenvalue weighted by Gasteiger charge is 2.14. The van der Waals surface area contributed by atoms with Crippen LogP contribution in [0.5, 0.6) is 5.88 Å². The minimum atomic E-state index is -0.703. The molecule has 0 aliphatic heterocycles. The fourth-order valence-corrected chi connectivity index (χ4v) is 1.41. The van der Waals surface area contributed by atoms with Crippen molar-refractivity contribution in [3.63, 3.8) is 0 Å². The molecule has 0 aromatic carbocycles. The molecule has 8 nitrogen and oxygen atoms in total. The third-order valence-electron chi connectivity index (χ3n) is 2.21. The number of carbonyl (C=O) groups excluding carboxylic acids is 1. The first-order valence-corrected chi connectivity index (χ1v) is 5.06. The van der Waals surface area contributed by atoms with Crippen molar-refractivity contribution >= 4 is 11.6 Å². The Labute approximate surface area is 103 Å². The van der Waals surface area contributed by atoms with Gasteiger partial charge < -0.3 is 16.2 Å². The number of anilines is 1. The molecule has 1 amide bonds. The van der Waals surface area contributed by atoms with Gasteiger partial charge in [-0.05, 0) is 6.92 Å². The Morgan fingerprint density at radius 3 is 2.72 bits per heavy atom. The van der Waals surface area contributed by atoms with Crippen molar-refractivity contribution in [3.8, 4) is 11.8 Å². The highest BCUT2D eigenvalue weighted by molar-refractivity contribution is 5.95. The molecule has 94 valence electrons. The smallest absolute Gasteiger partial charge is 0.271 e. The van der Waals surface area contributed by atoms with Crippen LogP contribution >= 0.6 is 0 Å². The van der Waals surface area contributed by atoms with Crippen LogP contribution in [0.4, 0.5) is 5.69 Å². The molecule has 0 bridgehead atoms. The number of hydrogen-bond acceptors (Lipinski definition) is 6. The van der Waals surface area contributed by atoms with Crippen molar-refractivity contribution in [1.82, 2.24) is 19.7 Å². The number of hydrogen-bond donors (Lipinski definition) is 2. The zero-order valence-electron chi connectivity index (χ0n) is 9.91. The Morgan fingerprint density at radius 2 is 2.17 bits per heavy atom. The largest absolute Gasteiger partial charge is 0.481 e. The number of primary amides is 1. The van der Waals surface area contributed by atoms with Gasteiger partial charge in [0.05, 0.1) is 19.0 Å². The van der Waals surface area contributed by atoms with Crippen LogP contribution in [0.25, 0.3) is 5.95 Å². The third kappa shape index (κ3) is 2.08. The number of aromatic nitrogens is 4. The van der Waals surface area contributed by atoms with E-state index in [2.05, 4.69) is 15.1 Å². The van der Waals surface area contributed by atoms with Crippen LogP contribution in [-0.4, -0.2) is 32.8 Å². The highest BCUT2D eigenvalue weighted by atomic mass is 16.5. The van der Waals surface area contributed by atoms with Crippen molar-refractivity contribution in [2.45, 2.75) is 6.92 Å². The number of ether oxygens (including phenoxy) is 1. The Kier molecular flexibility index (Phi) is 2.84. The Hall–Kier alpha value is -2.64. The van der Waals surface area contributed by atoms with E-state index in [-0.39, 0.29) is 17.3 Å². The molecule has 0 saturated heterocycles. The van der Waals surface area contributed by atoms with E-state index in [1.165, 1.54) is 18.0 Å². The first kappa shape index (κ1) is 11.8. The van der Waals surface area contributed by atoms with Gasteiger partial charge in [0, 0.05) is 11.8 Å². The second-order valence-electron chi connectivity index (χ2n) is 3.59. The van der Waals surface area contributed by atoms with Gasteiger partial charge in [0.1, 0.15) is 0 Å². The molecule has 0 saturated carbocycles. The average Bonchev–Trinajstić information content (AvgIpc) is 2.70. The minimum Gasteiger partial charge on any atom is -0.481 e. The molecule has 8 heteroatoms. The normalized spacial score (nSPS) is 10.3. The maximum absolute atomic E-state index is 11.1. The van der Waals surface area contributed by atoms with Crippen molar-refractivity contribution in [2.24, 2.45) is 5.73 Å². The Morgan fingerprint density at radius 1 is 1.44 bits per heavy atom. The first-order valence-electron chi connectivity index (χ1n) is 5.06. The van der Waals surface area contributed by atoms with E-state index in [1.54, 1.807) is 13.0 Å². The Balaban J connectivity index is 2.51. The van der Waals surface area contributed by atoms with Crippen LogP contribution in [0, 0.1) is 6.92 Å². The van der Waals surface area contributed by atoms with Gasteiger partial charge in [-0.1, -0.05) is 0 Å². The van der Waals surface area contributed by atoms with Crippen LogP contribution in [0.1, 0.15) is 16.2 Å². The van der Waals surface area contributed by atoms with Gasteiger partial charge >= 0.3 is 0 Å². The summed E-state index contributed by atoms with van der Waals surface area (Å²) in [5, 5.41) is 3.93. The van der Waals surface area contributed by atoms with E-state index < -0.39 is 5.91 Å². The van der Waals surface area contributed by atoms with Crippen LogP contribution < -0.4 is 16.2 Å². The monoisotopic (exact) mass is 248 g/mol. The Bertz CT molecular complexity index is 606. The van der Waals surface area contributed by atoms with E-state index in [9.17, 15) is 4.79 Å². The van der Waals surface area contributed by atoms with Crippen LogP contribution in [0.15, 0.2) is 12.3 Å². The van der Waals surface area contributed by atoms with E-state index in [4.69, 9.17) is 16.2 Å². The van der Waals surface area contributed by atoms with Gasteiger partial charge in [0.2, 0.25) is 5.88 Å². The zero-order valence-corrected chi connectivity index (χ0v) is 9.91. The fourth-order valence-electron chi connectivity index (χ4n) is 1.41. The van der Waals surface area contributed by atoms with Crippen molar-refractivity contribution in [3.05, 3.63) is 23.7 Å². The molecule has 0 unspecified atom stereocenters. The van der Waals surface area contributed by atoms with Gasteiger partial charge in [-0.15, -0.1) is 0 Å². The van der Waals surface area contributed by atoms with E-state index in [0.29, 0.717) is 11.6 Å². The fraction of sp³-hybridized carbons (Fsp3) is 0.200. The SMILES string of the molecule is COc1cc(C)nc(-n2cc(N)c(C(N)=O)n2)n1. The maximum Gasteiger partial charge on any atom is 0.271 e.